The highest BCUT2D eigenvalue weighted by atomic mass is 19.4. The Morgan fingerprint density at radius 2 is 2.10 bits per heavy atom. The summed E-state index contributed by atoms with van der Waals surface area (Å²) < 4.78 is 38.1. The van der Waals surface area contributed by atoms with Gasteiger partial charge in [-0.3, -0.25) is 4.98 Å². The van der Waals surface area contributed by atoms with E-state index in [1.54, 1.807) is 6.07 Å². The maximum absolute atomic E-state index is 12.4. The summed E-state index contributed by atoms with van der Waals surface area (Å²) in [7, 11) is 0. The van der Waals surface area contributed by atoms with Crippen LogP contribution in [-0.2, 0) is 6.54 Å². The van der Waals surface area contributed by atoms with Crippen molar-refractivity contribution >= 4 is 12.2 Å². The first kappa shape index (κ1) is 13.8. The molecule has 0 N–H and O–H groups in total. The third kappa shape index (κ3) is 3.45. The van der Waals surface area contributed by atoms with Gasteiger partial charge in [0.15, 0.2) is 0 Å². The number of aromatic nitrogens is 3. The number of rotatable bonds is 3. The van der Waals surface area contributed by atoms with Crippen LogP contribution < -0.4 is 0 Å². The van der Waals surface area contributed by atoms with E-state index in [1.165, 1.54) is 36.9 Å². The lowest BCUT2D eigenvalue weighted by molar-refractivity contribution is -0.140. The van der Waals surface area contributed by atoms with Gasteiger partial charge in [0.2, 0.25) is 0 Å². The molecule has 102 valence electrons. The molecule has 2 rings (SSSR count). The normalized spacial score (nSPS) is 11.7. The Labute approximate surface area is 112 Å². The fraction of sp³-hybridized carbons (Fsp3) is 0.154. The molecule has 2 heterocycles. The van der Waals surface area contributed by atoms with E-state index in [9.17, 15) is 13.2 Å². The molecule has 0 unspecified atom stereocenters. The van der Waals surface area contributed by atoms with Crippen LogP contribution >= 0.6 is 0 Å². The SMILES string of the molecule is N#Cc1cnccc1/C=C/c1nccn1CC(F)(F)F. The van der Waals surface area contributed by atoms with Crippen molar-refractivity contribution in [2.75, 3.05) is 0 Å². The Morgan fingerprint density at radius 3 is 2.80 bits per heavy atom. The number of pyridine rings is 1. The highest BCUT2D eigenvalue weighted by Gasteiger charge is 2.28. The Morgan fingerprint density at radius 1 is 1.30 bits per heavy atom. The van der Waals surface area contributed by atoms with E-state index >= 15 is 0 Å². The topological polar surface area (TPSA) is 54.5 Å². The molecule has 0 fully saturated rings. The zero-order valence-corrected chi connectivity index (χ0v) is 10.2. The van der Waals surface area contributed by atoms with Gasteiger partial charge in [-0.05, 0) is 23.8 Å². The molecule has 0 aromatic carbocycles. The second-order valence-corrected chi connectivity index (χ2v) is 3.94. The second-order valence-electron chi connectivity index (χ2n) is 3.94. The lowest BCUT2D eigenvalue weighted by atomic mass is 10.1. The summed E-state index contributed by atoms with van der Waals surface area (Å²) in [4.78, 5) is 7.65. The number of hydrogen-bond donors (Lipinski definition) is 0. The Hall–Kier alpha value is -2.62. The molecule has 2 aromatic rings. The largest absolute Gasteiger partial charge is 0.406 e. The maximum Gasteiger partial charge on any atom is 0.406 e. The van der Waals surface area contributed by atoms with Crippen molar-refractivity contribution in [3.05, 3.63) is 47.8 Å². The molecule has 7 heteroatoms. The number of hydrogen-bond acceptors (Lipinski definition) is 3. The summed E-state index contributed by atoms with van der Waals surface area (Å²) >= 11 is 0. The van der Waals surface area contributed by atoms with Crippen LogP contribution in [-0.4, -0.2) is 20.7 Å². The highest BCUT2D eigenvalue weighted by Crippen LogP contribution is 2.19. The van der Waals surface area contributed by atoms with Crippen LogP contribution in [0.4, 0.5) is 13.2 Å². The zero-order valence-electron chi connectivity index (χ0n) is 10.2. The molecule has 2 aromatic heterocycles. The molecule has 0 saturated heterocycles. The summed E-state index contributed by atoms with van der Waals surface area (Å²) in [6.07, 6.45) is 4.10. The van der Waals surface area contributed by atoms with Gasteiger partial charge in [-0.1, -0.05) is 0 Å². The summed E-state index contributed by atoms with van der Waals surface area (Å²) in [5.74, 6) is 0.169. The number of halogens is 3. The maximum atomic E-state index is 12.4. The van der Waals surface area contributed by atoms with Crippen LogP contribution in [0, 0.1) is 11.3 Å². The smallest absolute Gasteiger partial charge is 0.322 e. The highest BCUT2D eigenvalue weighted by molar-refractivity contribution is 5.69. The number of imidazole rings is 1. The van der Waals surface area contributed by atoms with Crippen LogP contribution in [0.3, 0.4) is 0 Å². The van der Waals surface area contributed by atoms with Crippen LogP contribution in [0.5, 0.6) is 0 Å². The first-order chi connectivity index (χ1) is 9.49. The van der Waals surface area contributed by atoms with Gasteiger partial charge in [0.05, 0.1) is 5.56 Å². The molecule has 0 aliphatic rings. The summed E-state index contributed by atoms with van der Waals surface area (Å²) in [6.45, 7) is -1.10. The minimum absolute atomic E-state index is 0.169. The minimum Gasteiger partial charge on any atom is -0.322 e. The van der Waals surface area contributed by atoms with E-state index in [2.05, 4.69) is 9.97 Å². The third-order valence-electron chi connectivity index (χ3n) is 2.48. The quantitative estimate of drug-likeness (QED) is 0.867. The second kappa shape index (κ2) is 5.57. The minimum atomic E-state index is -4.31. The molecule has 0 aliphatic carbocycles. The van der Waals surface area contributed by atoms with Crippen LogP contribution in [0.25, 0.3) is 12.2 Å². The van der Waals surface area contributed by atoms with Gasteiger partial charge in [0.1, 0.15) is 18.4 Å². The van der Waals surface area contributed by atoms with Crippen molar-refractivity contribution in [2.24, 2.45) is 0 Å². The Bertz CT molecular complexity index is 665. The van der Waals surface area contributed by atoms with Gasteiger partial charge in [-0.15, -0.1) is 0 Å². The number of alkyl halides is 3. The van der Waals surface area contributed by atoms with Gasteiger partial charge in [-0.25, -0.2) is 4.98 Å². The van der Waals surface area contributed by atoms with Gasteiger partial charge >= 0.3 is 6.18 Å². The van der Waals surface area contributed by atoms with Crippen LogP contribution in [0.2, 0.25) is 0 Å². The average Bonchev–Trinajstić information content (AvgIpc) is 2.81. The first-order valence-corrected chi connectivity index (χ1v) is 5.60. The standard InChI is InChI=1S/C13H9F3N4/c14-13(15,16)9-20-6-5-19-12(20)2-1-10-3-4-18-8-11(10)7-17/h1-6,8H,9H2/b2-1+. The lowest BCUT2D eigenvalue weighted by Gasteiger charge is -2.08. The van der Waals surface area contributed by atoms with Crippen molar-refractivity contribution < 1.29 is 13.2 Å². The predicted octanol–water partition coefficient (Wildman–Crippen LogP) is 2.88. The third-order valence-corrected chi connectivity index (χ3v) is 2.48. The van der Waals surface area contributed by atoms with Gasteiger partial charge in [0.25, 0.3) is 0 Å². The molecule has 4 nitrogen and oxygen atoms in total. The van der Waals surface area contributed by atoms with Gasteiger partial charge in [-0.2, -0.15) is 18.4 Å². The van der Waals surface area contributed by atoms with Crippen LogP contribution in [0.15, 0.2) is 30.9 Å². The predicted molar refractivity (Wildman–Crippen MR) is 66.2 cm³/mol. The van der Waals surface area contributed by atoms with E-state index in [0.29, 0.717) is 11.1 Å². The first-order valence-electron chi connectivity index (χ1n) is 5.60. The molecule has 0 saturated carbocycles. The van der Waals surface area contributed by atoms with Crippen LogP contribution in [0.1, 0.15) is 17.0 Å². The van der Waals surface area contributed by atoms with E-state index in [-0.39, 0.29) is 5.82 Å². The lowest BCUT2D eigenvalue weighted by Crippen LogP contribution is -2.17. The van der Waals surface area contributed by atoms with Crippen molar-refractivity contribution in [3.8, 4) is 6.07 Å². The molecule has 0 atom stereocenters. The van der Waals surface area contributed by atoms with Crippen molar-refractivity contribution in [2.45, 2.75) is 12.7 Å². The van der Waals surface area contributed by atoms with E-state index < -0.39 is 12.7 Å². The Balaban J connectivity index is 2.25. The monoisotopic (exact) mass is 278 g/mol. The molecule has 20 heavy (non-hydrogen) atoms. The van der Waals surface area contributed by atoms with E-state index in [0.717, 1.165) is 4.57 Å². The summed E-state index contributed by atoms with van der Waals surface area (Å²) in [6, 6.07) is 3.56. The molecular formula is C13H9F3N4. The average molecular weight is 278 g/mol. The fourth-order valence-electron chi connectivity index (χ4n) is 1.61. The van der Waals surface area contributed by atoms with Gasteiger partial charge < -0.3 is 4.57 Å². The van der Waals surface area contributed by atoms with E-state index in [4.69, 9.17) is 5.26 Å². The fourth-order valence-corrected chi connectivity index (χ4v) is 1.61. The molecule has 0 aliphatic heterocycles. The Kier molecular flexibility index (Phi) is 3.84. The van der Waals surface area contributed by atoms with Crippen molar-refractivity contribution in [3.63, 3.8) is 0 Å². The zero-order chi connectivity index (χ0) is 14.6. The molecule has 0 bridgehead atoms. The van der Waals surface area contributed by atoms with Crippen molar-refractivity contribution in [1.29, 1.82) is 5.26 Å². The number of nitriles is 1. The molecule has 0 radical (unpaired) electrons. The van der Waals surface area contributed by atoms with Gasteiger partial charge in [0, 0.05) is 24.8 Å². The summed E-state index contributed by atoms with van der Waals surface area (Å²) in [5.41, 5.74) is 0.918. The number of nitrogens with zero attached hydrogens (tertiary/aromatic N) is 4. The molecule has 0 amide bonds. The molecular weight excluding hydrogens is 269 g/mol. The molecule has 0 spiro atoms. The van der Waals surface area contributed by atoms with E-state index in [1.807, 2.05) is 6.07 Å². The summed E-state index contributed by atoms with van der Waals surface area (Å²) in [5, 5.41) is 8.89. The van der Waals surface area contributed by atoms with Crippen molar-refractivity contribution in [1.82, 2.24) is 14.5 Å².